The van der Waals surface area contributed by atoms with Crippen molar-refractivity contribution in [3.05, 3.63) is 24.3 Å². The number of alkyl halides is 2. The first kappa shape index (κ1) is 10.4. The van der Waals surface area contributed by atoms with Crippen molar-refractivity contribution in [3.8, 4) is 0 Å². The summed E-state index contributed by atoms with van der Waals surface area (Å²) in [5, 5.41) is 17.8. The van der Waals surface area contributed by atoms with Gasteiger partial charge < -0.3 is 14.9 Å². The predicted octanol–water partition coefficient (Wildman–Crippen LogP) is -0.178. The SMILES string of the molecule is OB(O)c1cccc(N2CC(F)(F)C2)c1. The first-order chi connectivity index (χ1) is 6.98. The molecular formula is C9H10BF2NO2. The minimum atomic E-state index is -2.62. The summed E-state index contributed by atoms with van der Waals surface area (Å²) in [5.74, 6) is -2.62. The Bertz CT molecular complexity index is 365. The Labute approximate surface area is 86.1 Å². The maximum Gasteiger partial charge on any atom is 0.488 e. The Balaban J connectivity index is 2.13. The maximum absolute atomic E-state index is 12.6. The second-order valence-corrected chi connectivity index (χ2v) is 3.68. The van der Waals surface area contributed by atoms with E-state index < -0.39 is 13.0 Å². The van der Waals surface area contributed by atoms with Crippen molar-refractivity contribution in [2.45, 2.75) is 5.92 Å². The molecular weight excluding hydrogens is 203 g/mol. The van der Waals surface area contributed by atoms with E-state index in [-0.39, 0.29) is 13.1 Å². The summed E-state index contributed by atoms with van der Waals surface area (Å²) in [6.45, 7) is -0.615. The zero-order valence-corrected chi connectivity index (χ0v) is 7.90. The van der Waals surface area contributed by atoms with Crippen molar-refractivity contribution in [1.82, 2.24) is 0 Å². The number of anilines is 1. The van der Waals surface area contributed by atoms with Crippen molar-refractivity contribution in [1.29, 1.82) is 0 Å². The van der Waals surface area contributed by atoms with Gasteiger partial charge in [-0.05, 0) is 17.6 Å². The van der Waals surface area contributed by atoms with E-state index in [1.807, 2.05) is 0 Å². The molecule has 2 N–H and O–H groups in total. The number of nitrogens with zero attached hydrogens (tertiary/aromatic N) is 1. The fraction of sp³-hybridized carbons (Fsp3) is 0.333. The monoisotopic (exact) mass is 213 g/mol. The molecule has 80 valence electrons. The van der Waals surface area contributed by atoms with E-state index in [4.69, 9.17) is 10.0 Å². The topological polar surface area (TPSA) is 43.7 Å². The normalized spacial score (nSPS) is 18.5. The van der Waals surface area contributed by atoms with E-state index in [9.17, 15) is 8.78 Å². The van der Waals surface area contributed by atoms with Gasteiger partial charge >= 0.3 is 7.12 Å². The molecule has 0 radical (unpaired) electrons. The van der Waals surface area contributed by atoms with Gasteiger partial charge in [0.25, 0.3) is 5.92 Å². The molecule has 0 unspecified atom stereocenters. The molecule has 1 aliphatic rings. The number of halogens is 2. The van der Waals surface area contributed by atoms with E-state index >= 15 is 0 Å². The van der Waals surface area contributed by atoms with Crippen molar-refractivity contribution < 1.29 is 18.8 Å². The fourth-order valence-corrected chi connectivity index (χ4v) is 1.58. The quantitative estimate of drug-likeness (QED) is 0.670. The van der Waals surface area contributed by atoms with Crippen LogP contribution in [0.3, 0.4) is 0 Å². The molecule has 6 heteroatoms. The van der Waals surface area contributed by atoms with Crippen molar-refractivity contribution in [3.63, 3.8) is 0 Å². The largest absolute Gasteiger partial charge is 0.488 e. The number of hydrogen-bond donors (Lipinski definition) is 2. The van der Waals surface area contributed by atoms with Gasteiger partial charge in [0, 0.05) is 5.69 Å². The van der Waals surface area contributed by atoms with Crippen molar-refractivity contribution >= 4 is 18.3 Å². The zero-order chi connectivity index (χ0) is 11.1. The minimum absolute atomic E-state index is 0.308. The predicted molar refractivity (Wildman–Crippen MR) is 53.4 cm³/mol. The summed E-state index contributed by atoms with van der Waals surface area (Å²) in [4.78, 5) is 1.49. The van der Waals surface area contributed by atoms with Crippen LogP contribution in [0.5, 0.6) is 0 Å². The van der Waals surface area contributed by atoms with Crippen LogP contribution in [-0.4, -0.2) is 36.2 Å². The second-order valence-electron chi connectivity index (χ2n) is 3.68. The van der Waals surface area contributed by atoms with Crippen molar-refractivity contribution in [2.24, 2.45) is 0 Å². The molecule has 2 rings (SSSR count). The summed E-state index contributed by atoms with van der Waals surface area (Å²) >= 11 is 0. The molecule has 1 heterocycles. The van der Waals surface area contributed by atoms with E-state index in [0.717, 1.165) is 0 Å². The van der Waals surface area contributed by atoms with Crippen LogP contribution in [0.2, 0.25) is 0 Å². The minimum Gasteiger partial charge on any atom is -0.423 e. The number of rotatable bonds is 2. The van der Waals surface area contributed by atoms with Gasteiger partial charge in [0.05, 0.1) is 13.1 Å². The molecule has 0 saturated carbocycles. The Morgan fingerprint density at radius 1 is 1.27 bits per heavy atom. The molecule has 0 aliphatic carbocycles. The Morgan fingerprint density at radius 3 is 2.47 bits per heavy atom. The average molecular weight is 213 g/mol. The molecule has 15 heavy (non-hydrogen) atoms. The molecule has 0 amide bonds. The third-order valence-electron chi connectivity index (χ3n) is 2.38. The van der Waals surface area contributed by atoms with E-state index in [1.165, 1.54) is 17.0 Å². The van der Waals surface area contributed by atoms with E-state index in [2.05, 4.69) is 0 Å². The molecule has 1 aromatic carbocycles. The molecule has 0 spiro atoms. The lowest BCUT2D eigenvalue weighted by Gasteiger charge is -2.40. The molecule has 0 atom stereocenters. The Kier molecular flexibility index (Phi) is 2.40. The molecule has 1 fully saturated rings. The highest BCUT2D eigenvalue weighted by molar-refractivity contribution is 6.58. The summed E-state index contributed by atoms with van der Waals surface area (Å²) in [6, 6.07) is 6.31. The first-order valence-electron chi connectivity index (χ1n) is 4.57. The average Bonchev–Trinajstić information content (AvgIpc) is 2.14. The Morgan fingerprint density at radius 2 is 1.93 bits per heavy atom. The van der Waals surface area contributed by atoms with Gasteiger partial charge in [-0.15, -0.1) is 0 Å². The maximum atomic E-state index is 12.6. The highest BCUT2D eigenvalue weighted by Gasteiger charge is 2.43. The lowest BCUT2D eigenvalue weighted by atomic mass is 9.80. The fourth-order valence-electron chi connectivity index (χ4n) is 1.58. The highest BCUT2D eigenvalue weighted by Crippen LogP contribution is 2.30. The number of benzene rings is 1. The third kappa shape index (κ3) is 2.10. The van der Waals surface area contributed by atoms with Crippen LogP contribution >= 0.6 is 0 Å². The molecule has 1 aliphatic heterocycles. The molecule has 1 saturated heterocycles. The van der Waals surface area contributed by atoms with E-state index in [0.29, 0.717) is 11.2 Å². The van der Waals surface area contributed by atoms with Gasteiger partial charge in [0.15, 0.2) is 0 Å². The van der Waals surface area contributed by atoms with Crippen LogP contribution in [0, 0.1) is 0 Å². The van der Waals surface area contributed by atoms with Gasteiger partial charge in [-0.25, -0.2) is 8.78 Å². The summed E-state index contributed by atoms with van der Waals surface area (Å²) in [5.41, 5.74) is 0.897. The van der Waals surface area contributed by atoms with Crippen LogP contribution in [0.1, 0.15) is 0 Å². The van der Waals surface area contributed by atoms with E-state index in [1.54, 1.807) is 12.1 Å². The molecule has 1 aromatic rings. The molecule has 0 bridgehead atoms. The van der Waals surface area contributed by atoms with Crippen LogP contribution in [-0.2, 0) is 0 Å². The lowest BCUT2D eigenvalue weighted by molar-refractivity contribution is -0.0262. The summed E-state index contributed by atoms with van der Waals surface area (Å²) < 4.78 is 25.2. The summed E-state index contributed by atoms with van der Waals surface area (Å²) in [6.07, 6.45) is 0. The zero-order valence-electron chi connectivity index (χ0n) is 7.90. The van der Waals surface area contributed by atoms with Gasteiger partial charge in [0.1, 0.15) is 0 Å². The van der Waals surface area contributed by atoms with Crippen molar-refractivity contribution in [2.75, 3.05) is 18.0 Å². The summed E-state index contributed by atoms with van der Waals surface area (Å²) in [7, 11) is -1.56. The standard InChI is InChI=1S/C9H10BF2NO2/c11-9(12)5-13(6-9)8-3-1-2-7(4-8)10(14)15/h1-4,14-15H,5-6H2. The number of hydrogen-bond acceptors (Lipinski definition) is 3. The van der Waals surface area contributed by atoms with Gasteiger partial charge in [-0.2, -0.15) is 0 Å². The first-order valence-corrected chi connectivity index (χ1v) is 4.57. The lowest BCUT2D eigenvalue weighted by Crippen LogP contribution is -2.56. The van der Waals surface area contributed by atoms with Crippen LogP contribution in [0.15, 0.2) is 24.3 Å². The highest BCUT2D eigenvalue weighted by atomic mass is 19.3. The van der Waals surface area contributed by atoms with Gasteiger partial charge in [-0.3, -0.25) is 0 Å². The van der Waals surface area contributed by atoms with Crippen LogP contribution in [0.4, 0.5) is 14.5 Å². The Hall–Kier alpha value is -1.14. The molecule has 3 nitrogen and oxygen atoms in total. The van der Waals surface area contributed by atoms with Crippen LogP contribution in [0.25, 0.3) is 0 Å². The molecule has 0 aromatic heterocycles. The van der Waals surface area contributed by atoms with Gasteiger partial charge in [0.2, 0.25) is 0 Å². The third-order valence-corrected chi connectivity index (χ3v) is 2.38. The van der Waals surface area contributed by atoms with Crippen LogP contribution < -0.4 is 10.4 Å². The van der Waals surface area contributed by atoms with Gasteiger partial charge in [-0.1, -0.05) is 12.1 Å². The second kappa shape index (κ2) is 3.46. The smallest absolute Gasteiger partial charge is 0.423 e.